The topological polar surface area (TPSA) is 110 Å². The van der Waals surface area contributed by atoms with Crippen molar-refractivity contribution in [2.24, 2.45) is 0 Å². The first kappa shape index (κ1) is 15.1. The van der Waals surface area contributed by atoms with Crippen molar-refractivity contribution in [3.05, 3.63) is 0 Å². The molecule has 0 aromatic rings. The third kappa shape index (κ3) is 5.04. The van der Waals surface area contributed by atoms with Crippen molar-refractivity contribution < 1.29 is 33.9 Å². The molecule has 1 heterocycles. The van der Waals surface area contributed by atoms with Gasteiger partial charge in [0, 0.05) is 25.7 Å². The lowest BCUT2D eigenvalue weighted by atomic mass is 10.2. The second-order valence-electron chi connectivity index (χ2n) is 3.84. The SMILES string of the molecule is O=C(CCCC(=O)ON1C(=O)CCC1=O)OCCO. The molecule has 106 valence electrons. The van der Waals surface area contributed by atoms with E-state index in [0.717, 1.165) is 0 Å². The highest BCUT2D eigenvalue weighted by Gasteiger charge is 2.32. The van der Waals surface area contributed by atoms with E-state index in [1.165, 1.54) is 0 Å². The van der Waals surface area contributed by atoms with Gasteiger partial charge in [0.1, 0.15) is 6.61 Å². The fourth-order valence-corrected chi connectivity index (χ4v) is 1.41. The summed E-state index contributed by atoms with van der Waals surface area (Å²) in [5.41, 5.74) is 0. The van der Waals surface area contributed by atoms with Crippen molar-refractivity contribution in [3.63, 3.8) is 0 Å². The number of esters is 1. The Morgan fingerprint density at radius 1 is 1.11 bits per heavy atom. The molecule has 0 aliphatic carbocycles. The summed E-state index contributed by atoms with van der Waals surface area (Å²) in [6.45, 7) is -0.340. The maximum Gasteiger partial charge on any atom is 0.333 e. The molecule has 1 aliphatic heterocycles. The van der Waals surface area contributed by atoms with Gasteiger partial charge in [0.15, 0.2) is 0 Å². The maximum absolute atomic E-state index is 11.3. The molecule has 0 unspecified atom stereocenters. The fourth-order valence-electron chi connectivity index (χ4n) is 1.41. The van der Waals surface area contributed by atoms with E-state index in [-0.39, 0.29) is 45.3 Å². The van der Waals surface area contributed by atoms with E-state index in [9.17, 15) is 19.2 Å². The minimum Gasteiger partial charge on any atom is -0.463 e. The smallest absolute Gasteiger partial charge is 0.333 e. The number of amides is 2. The predicted molar refractivity (Wildman–Crippen MR) is 59.1 cm³/mol. The quantitative estimate of drug-likeness (QED) is 0.482. The molecule has 19 heavy (non-hydrogen) atoms. The predicted octanol–water partition coefficient (Wildman–Crippen LogP) is -0.701. The Morgan fingerprint density at radius 2 is 1.68 bits per heavy atom. The zero-order valence-electron chi connectivity index (χ0n) is 10.3. The maximum atomic E-state index is 11.3. The van der Waals surface area contributed by atoms with E-state index in [1.54, 1.807) is 0 Å². The summed E-state index contributed by atoms with van der Waals surface area (Å²) in [4.78, 5) is 49.3. The summed E-state index contributed by atoms with van der Waals surface area (Å²) in [6.07, 6.45) is 0.154. The average Bonchev–Trinajstić information content (AvgIpc) is 2.68. The van der Waals surface area contributed by atoms with Crippen molar-refractivity contribution in [2.45, 2.75) is 32.1 Å². The summed E-state index contributed by atoms with van der Waals surface area (Å²) < 4.78 is 4.58. The number of hydroxylamine groups is 2. The van der Waals surface area contributed by atoms with Gasteiger partial charge in [-0.25, -0.2) is 4.79 Å². The Balaban J connectivity index is 2.19. The van der Waals surface area contributed by atoms with Gasteiger partial charge in [-0.1, -0.05) is 0 Å². The summed E-state index contributed by atoms with van der Waals surface area (Å²) in [6, 6.07) is 0. The highest BCUT2D eigenvalue weighted by molar-refractivity contribution is 6.01. The van der Waals surface area contributed by atoms with E-state index in [4.69, 9.17) is 5.11 Å². The molecule has 1 rings (SSSR count). The van der Waals surface area contributed by atoms with Crippen LogP contribution < -0.4 is 0 Å². The van der Waals surface area contributed by atoms with Crippen LogP contribution in [0.4, 0.5) is 0 Å². The summed E-state index contributed by atoms with van der Waals surface area (Å²) >= 11 is 0. The number of ether oxygens (including phenoxy) is 1. The van der Waals surface area contributed by atoms with Crippen LogP contribution in [0.3, 0.4) is 0 Å². The largest absolute Gasteiger partial charge is 0.463 e. The van der Waals surface area contributed by atoms with Gasteiger partial charge in [0.2, 0.25) is 0 Å². The third-order valence-corrected chi connectivity index (χ3v) is 2.32. The van der Waals surface area contributed by atoms with Gasteiger partial charge >= 0.3 is 11.9 Å². The zero-order valence-corrected chi connectivity index (χ0v) is 10.3. The van der Waals surface area contributed by atoms with Crippen molar-refractivity contribution in [1.82, 2.24) is 5.06 Å². The molecular formula is C11H15NO7. The molecule has 8 nitrogen and oxygen atoms in total. The first-order valence-electron chi connectivity index (χ1n) is 5.87. The number of hydrogen-bond acceptors (Lipinski definition) is 7. The van der Waals surface area contributed by atoms with Crippen LogP contribution >= 0.6 is 0 Å². The summed E-state index contributed by atoms with van der Waals surface area (Å²) in [5, 5.41) is 8.88. The molecule has 1 fully saturated rings. The number of nitrogens with zero attached hydrogens (tertiary/aromatic N) is 1. The number of carbonyl (C=O) groups excluding carboxylic acids is 4. The van der Waals surface area contributed by atoms with Gasteiger partial charge in [-0.05, 0) is 6.42 Å². The molecule has 1 saturated heterocycles. The third-order valence-electron chi connectivity index (χ3n) is 2.32. The molecule has 0 aromatic heterocycles. The summed E-state index contributed by atoms with van der Waals surface area (Å²) in [5.74, 6) is -2.37. The summed E-state index contributed by atoms with van der Waals surface area (Å²) in [7, 11) is 0. The fraction of sp³-hybridized carbons (Fsp3) is 0.636. The van der Waals surface area contributed by atoms with Crippen molar-refractivity contribution in [2.75, 3.05) is 13.2 Å². The van der Waals surface area contributed by atoms with E-state index in [1.807, 2.05) is 0 Å². The van der Waals surface area contributed by atoms with Crippen molar-refractivity contribution >= 4 is 23.8 Å². The number of imide groups is 1. The lowest BCUT2D eigenvalue weighted by Gasteiger charge is -2.12. The highest BCUT2D eigenvalue weighted by Crippen LogP contribution is 2.13. The van der Waals surface area contributed by atoms with E-state index in [0.29, 0.717) is 5.06 Å². The molecule has 8 heteroatoms. The Morgan fingerprint density at radius 3 is 2.26 bits per heavy atom. The normalized spacial score (nSPS) is 14.7. The number of aliphatic hydroxyl groups excluding tert-OH is 1. The molecular weight excluding hydrogens is 258 g/mol. The molecule has 0 spiro atoms. The van der Waals surface area contributed by atoms with Gasteiger partial charge in [-0.15, -0.1) is 5.06 Å². The molecule has 1 N–H and O–H groups in total. The second-order valence-corrected chi connectivity index (χ2v) is 3.84. The first-order chi connectivity index (χ1) is 9.04. The minimum atomic E-state index is -0.751. The minimum absolute atomic E-state index is 0.00298. The molecule has 1 aliphatic rings. The van der Waals surface area contributed by atoms with E-state index < -0.39 is 23.8 Å². The Kier molecular flexibility index (Phi) is 5.94. The van der Waals surface area contributed by atoms with Gasteiger partial charge in [0.25, 0.3) is 11.8 Å². The number of hydrogen-bond donors (Lipinski definition) is 1. The van der Waals surface area contributed by atoms with Crippen LogP contribution in [0.25, 0.3) is 0 Å². The lowest BCUT2D eigenvalue weighted by Crippen LogP contribution is -2.32. The molecule has 0 bridgehead atoms. The van der Waals surface area contributed by atoms with Gasteiger partial charge in [-0.3, -0.25) is 14.4 Å². The van der Waals surface area contributed by atoms with Crippen LogP contribution in [0.1, 0.15) is 32.1 Å². The number of aliphatic hydroxyl groups is 1. The monoisotopic (exact) mass is 273 g/mol. The van der Waals surface area contributed by atoms with Crippen molar-refractivity contribution in [3.8, 4) is 0 Å². The standard InChI is InChI=1S/C11H15NO7/c13-6-7-18-10(16)2-1-3-11(17)19-12-8(14)4-5-9(12)15/h13H,1-7H2. The number of carbonyl (C=O) groups is 4. The van der Waals surface area contributed by atoms with Crippen LogP contribution in [0, 0.1) is 0 Å². The molecule has 0 aromatic carbocycles. The first-order valence-corrected chi connectivity index (χ1v) is 5.87. The van der Waals surface area contributed by atoms with Gasteiger partial charge in [0.05, 0.1) is 6.61 Å². The molecule has 0 saturated carbocycles. The van der Waals surface area contributed by atoms with E-state index in [2.05, 4.69) is 9.57 Å². The van der Waals surface area contributed by atoms with Crippen LogP contribution in [0.2, 0.25) is 0 Å². The number of rotatable bonds is 7. The Hall–Kier alpha value is -1.96. The molecule has 0 atom stereocenters. The Bertz CT molecular complexity index is 363. The molecule has 0 radical (unpaired) electrons. The van der Waals surface area contributed by atoms with Crippen molar-refractivity contribution in [1.29, 1.82) is 0 Å². The zero-order chi connectivity index (χ0) is 14.3. The van der Waals surface area contributed by atoms with Gasteiger partial charge < -0.3 is 14.7 Å². The van der Waals surface area contributed by atoms with E-state index >= 15 is 0 Å². The highest BCUT2D eigenvalue weighted by atomic mass is 16.7. The van der Waals surface area contributed by atoms with Crippen LogP contribution in [0.15, 0.2) is 0 Å². The Labute approximate surface area is 109 Å². The van der Waals surface area contributed by atoms with Gasteiger partial charge in [-0.2, -0.15) is 0 Å². The second kappa shape index (κ2) is 7.47. The molecule has 2 amide bonds. The van der Waals surface area contributed by atoms with Crippen LogP contribution in [-0.4, -0.2) is 47.1 Å². The van der Waals surface area contributed by atoms with Crippen LogP contribution in [-0.2, 0) is 28.8 Å². The van der Waals surface area contributed by atoms with Crippen LogP contribution in [0.5, 0.6) is 0 Å². The average molecular weight is 273 g/mol. The lowest BCUT2D eigenvalue weighted by molar-refractivity contribution is -0.197.